The highest BCUT2D eigenvalue weighted by atomic mass is 19.1. The molecule has 1 heterocycles. The van der Waals surface area contributed by atoms with Crippen LogP contribution in [0.5, 0.6) is 0 Å². The number of alkyl halides is 1. The summed E-state index contributed by atoms with van der Waals surface area (Å²) in [6.07, 6.45) is -2.40. The topological polar surface area (TPSA) is 46.6 Å². The average molecular weight is 203 g/mol. The number of carbonyl (C=O) groups excluding carboxylic acids is 2. The van der Waals surface area contributed by atoms with Gasteiger partial charge in [-0.1, -0.05) is 13.8 Å². The van der Waals surface area contributed by atoms with Crippen LogP contribution >= 0.6 is 0 Å². The quantitative estimate of drug-likeness (QED) is 0.680. The van der Waals surface area contributed by atoms with E-state index in [1.807, 2.05) is 13.8 Å². The van der Waals surface area contributed by atoms with E-state index in [2.05, 4.69) is 0 Å². The Morgan fingerprint density at radius 2 is 2.14 bits per heavy atom. The molecule has 1 fully saturated rings. The molecular formula is C9H14FNO3. The average Bonchev–Trinajstić information content (AvgIpc) is 2.45. The van der Waals surface area contributed by atoms with E-state index < -0.39 is 18.2 Å². The van der Waals surface area contributed by atoms with Crippen molar-refractivity contribution in [3.63, 3.8) is 0 Å². The van der Waals surface area contributed by atoms with Gasteiger partial charge in [0.15, 0.2) is 6.17 Å². The molecule has 2 atom stereocenters. The van der Waals surface area contributed by atoms with Crippen molar-refractivity contribution in [1.29, 1.82) is 0 Å². The SMILES string of the molecule is CC(F)C(=O)N1C(=O)OCC1C(C)C. The van der Waals surface area contributed by atoms with Crippen LogP contribution in [0.2, 0.25) is 0 Å². The summed E-state index contributed by atoms with van der Waals surface area (Å²) in [5.74, 6) is -0.740. The molecule has 1 saturated heterocycles. The van der Waals surface area contributed by atoms with E-state index in [1.54, 1.807) is 0 Å². The zero-order chi connectivity index (χ0) is 10.9. The van der Waals surface area contributed by atoms with Crippen molar-refractivity contribution in [2.45, 2.75) is 33.0 Å². The van der Waals surface area contributed by atoms with Crippen molar-refractivity contribution in [2.24, 2.45) is 5.92 Å². The summed E-state index contributed by atoms with van der Waals surface area (Å²) in [7, 11) is 0. The van der Waals surface area contributed by atoms with Gasteiger partial charge in [-0.05, 0) is 12.8 Å². The molecule has 1 rings (SSSR count). The zero-order valence-electron chi connectivity index (χ0n) is 8.49. The predicted octanol–water partition coefficient (Wildman–Crippen LogP) is 1.35. The third-order valence-electron chi connectivity index (χ3n) is 2.25. The fraction of sp³-hybridized carbons (Fsp3) is 0.778. The predicted molar refractivity (Wildman–Crippen MR) is 47.4 cm³/mol. The van der Waals surface area contributed by atoms with Crippen molar-refractivity contribution in [3.05, 3.63) is 0 Å². The smallest absolute Gasteiger partial charge is 0.417 e. The Morgan fingerprint density at radius 3 is 2.57 bits per heavy atom. The van der Waals surface area contributed by atoms with E-state index in [4.69, 9.17) is 4.74 Å². The molecule has 0 aromatic rings. The van der Waals surface area contributed by atoms with Crippen LogP contribution in [-0.4, -0.2) is 35.7 Å². The summed E-state index contributed by atoms with van der Waals surface area (Å²) < 4.78 is 17.5. The number of imide groups is 1. The lowest BCUT2D eigenvalue weighted by Crippen LogP contribution is -2.44. The molecule has 0 N–H and O–H groups in total. The van der Waals surface area contributed by atoms with E-state index in [0.717, 1.165) is 11.8 Å². The number of ether oxygens (including phenoxy) is 1. The minimum atomic E-state index is -1.66. The molecule has 1 aliphatic rings. The molecule has 14 heavy (non-hydrogen) atoms. The van der Waals surface area contributed by atoms with Gasteiger partial charge < -0.3 is 4.74 Å². The minimum absolute atomic E-state index is 0.0733. The summed E-state index contributed by atoms with van der Waals surface area (Å²) in [5.41, 5.74) is 0. The lowest BCUT2D eigenvalue weighted by molar-refractivity contribution is -0.134. The van der Waals surface area contributed by atoms with E-state index in [1.165, 1.54) is 0 Å². The maximum absolute atomic E-state index is 12.8. The first kappa shape index (κ1) is 10.9. The molecule has 0 aromatic heterocycles. The van der Waals surface area contributed by atoms with Gasteiger partial charge in [0, 0.05) is 0 Å². The maximum atomic E-state index is 12.8. The van der Waals surface area contributed by atoms with Gasteiger partial charge >= 0.3 is 6.09 Å². The number of carbonyl (C=O) groups is 2. The summed E-state index contributed by atoms with van der Waals surface area (Å²) in [5, 5.41) is 0. The van der Waals surface area contributed by atoms with Crippen LogP contribution in [0.1, 0.15) is 20.8 Å². The second-order valence-electron chi connectivity index (χ2n) is 3.71. The molecule has 0 aliphatic carbocycles. The molecule has 80 valence electrons. The maximum Gasteiger partial charge on any atom is 0.417 e. The summed E-state index contributed by atoms with van der Waals surface area (Å²) in [4.78, 5) is 23.4. The van der Waals surface area contributed by atoms with Crippen molar-refractivity contribution in [2.75, 3.05) is 6.61 Å². The number of nitrogens with zero attached hydrogens (tertiary/aromatic N) is 1. The third-order valence-corrected chi connectivity index (χ3v) is 2.25. The first-order valence-corrected chi connectivity index (χ1v) is 4.59. The van der Waals surface area contributed by atoms with E-state index in [-0.39, 0.29) is 18.6 Å². The second kappa shape index (κ2) is 3.94. The standard InChI is InChI=1S/C9H14FNO3/c1-5(2)7-4-14-9(13)11(7)8(12)6(3)10/h5-7H,4H2,1-3H3. The van der Waals surface area contributed by atoms with Gasteiger partial charge in [-0.2, -0.15) is 0 Å². The van der Waals surface area contributed by atoms with Gasteiger partial charge in [0.1, 0.15) is 6.61 Å². The normalized spacial score (nSPS) is 23.9. The first-order valence-electron chi connectivity index (χ1n) is 4.59. The molecule has 1 aliphatic heterocycles. The molecule has 0 spiro atoms. The van der Waals surface area contributed by atoms with Crippen LogP contribution in [0.3, 0.4) is 0 Å². The van der Waals surface area contributed by atoms with Gasteiger partial charge in [-0.3, -0.25) is 4.79 Å². The number of hydrogen-bond donors (Lipinski definition) is 0. The summed E-state index contributed by atoms with van der Waals surface area (Å²) in [6, 6.07) is -0.340. The number of rotatable bonds is 2. The molecule has 2 unspecified atom stereocenters. The van der Waals surface area contributed by atoms with Crippen LogP contribution in [0.4, 0.5) is 9.18 Å². The van der Waals surface area contributed by atoms with Crippen LogP contribution < -0.4 is 0 Å². The fourth-order valence-electron chi connectivity index (χ4n) is 1.37. The highest BCUT2D eigenvalue weighted by molar-refractivity contribution is 5.95. The van der Waals surface area contributed by atoms with Crippen LogP contribution in [0.15, 0.2) is 0 Å². The Balaban J connectivity index is 2.82. The zero-order valence-corrected chi connectivity index (χ0v) is 8.49. The van der Waals surface area contributed by atoms with Gasteiger partial charge in [-0.25, -0.2) is 14.1 Å². The Kier molecular flexibility index (Phi) is 3.08. The largest absolute Gasteiger partial charge is 0.447 e. The number of halogens is 1. The van der Waals surface area contributed by atoms with Crippen molar-refractivity contribution >= 4 is 12.0 Å². The van der Waals surface area contributed by atoms with Gasteiger partial charge in [0.2, 0.25) is 0 Å². The molecule has 2 amide bonds. The molecule has 0 bridgehead atoms. The molecular weight excluding hydrogens is 189 g/mol. The van der Waals surface area contributed by atoms with E-state index in [0.29, 0.717) is 0 Å². The van der Waals surface area contributed by atoms with Crippen LogP contribution in [-0.2, 0) is 9.53 Å². The Labute approximate surface area is 82.0 Å². The van der Waals surface area contributed by atoms with Gasteiger partial charge in [0.05, 0.1) is 6.04 Å². The molecule has 0 saturated carbocycles. The van der Waals surface area contributed by atoms with Crippen molar-refractivity contribution in [1.82, 2.24) is 4.90 Å². The van der Waals surface area contributed by atoms with Crippen LogP contribution in [0, 0.1) is 5.92 Å². The molecule has 5 heteroatoms. The Hall–Kier alpha value is -1.13. The molecule has 0 radical (unpaired) electrons. The lowest BCUT2D eigenvalue weighted by atomic mass is 10.0. The third kappa shape index (κ3) is 1.86. The highest BCUT2D eigenvalue weighted by Gasteiger charge is 2.41. The van der Waals surface area contributed by atoms with Gasteiger partial charge in [-0.15, -0.1) is 0 Å². The number of amides is 2. The fourth-order valence-corrected chi connectivity index (χ4v) is 1.37. The molecule has 0 aromatic carbocycles. The minimum Gasteiger partial charge on any atom is -0.447 e. The van der Waals surface area contributed by atoms with Crippen LogP contribution in [0.25, 0.3) is 0 Å². The van der Waals surface area contributed by atoms with Crippen molar-refractivity contribution < 1.29 is 18.7 Å². The number of hydrogen-bond acceptors (Lipinski definition) is 3. The second-order valence-corrected chi connectivity index (χ2v) is 3.71. The van der Waals surface area contributed by atoms with Crippen molar-refractivity contribution in [3.8, 4) is 0 Å². The monoisotopic (exact) mass is 203 g/mol. The summed E-state index contributed by atoms with van der Waals surface area (Å²) >= 11 is 0. The Morgan fingerprint density at radius 1 is 1.57 bits per heavy atom. The summed E-state index contributed by atoms with van der Waals surface area (Å²) in [6.45, 7) is 4.99. The van der Waals surface area contributed by atoms with Gasteiger partial charge in [0.25, 0.3) is 5.91 Å². The Bertz CT molecular complexity index is 252. The van der Waals surface area contributed by atoms with E-state index in [9.17, 15) is 14.0 Å². The molecule has 4 nitrogen and oxygen atoms in total. The lowest BCUT2D eigenvalue weighted by Gasteiger charge is -2.22. The van der Waals surface area contributed by atoms with E-state index >= 15 is 0 Å². The number of cyclic esters (lactones) is 1. The highest BCUT2D eigenvalue weighted by Crippen LogP contribution is 2.20. The first-order chi connectivity index (χ1) is 6.45.